The molecule has 0 aromatic heterocycles. The highest BCUT2D eigenvalue weighted by Crippen LogP contribution is 2.28. The summed E-state index contributed by atoms with van der Waals surface area (Å²) < 4.78 is 0. The summed E-state index contributed by atoms with van der Waals surface area (Å²) in [5, 5.41) is 31.6. The van der Waals surface area contributed by atoms with Crippen molar-refractivity contribution in [2.45, 2.75) is 13.8 Å². The minimum Gasteiger partial charge on any atom is -0.372 e. The van der Waals surface area contributed by atoms with Crippen LogP contribution in [-0.2, 0) is 0 Å². The molecule has 0 heterocycles. The lowest BCUT2D eigenvalue weighted by Gasteiger charge is -2.23. The van der Waals surface area contributed by atoms with Crippen molar-refractivity contribution in [3.8, 4) is 6.07 Å². The van der Waals surface area contributed by atoms with Gasteiger partial charge < -0.3 is 4.90 Å². The Morgan fingerprint density at radius 2 is 1.69 bits per heavy atom. The number of carbonyl (C=O) groups is 1. The average Bonchev–Trinajstić information content (AvgIpc) is 2.73. The molecule has 0 aliphatic heterocycles. The van der Waals surface area contributed by atoms with Gasteiger partial charge in [-0.2, -0.15) is 5.26 Å². The molecule has 0 saturated heterocycles. The molecular formula is C20H18N4O5. The van der Waals surface area contributed by atoms with E-state index in [9.17, 15) is 30.3 Å². The van der Waals surface area contributed by atoms with Gasteiger partial charge in [-0.1, -0.05) is 12.1 Å². The van der Waals surface area contributed by atoms with E-state index in [1.807, 2.05) is 18.7 Å². The number of anilines is 1. The maximum absolute atomic E-state index is 12.7. The summed E-state index contributed by atoms with van der Waals surface area (Å²) in [6, 6.07) is 11.1. The van der Waals surface area contributed by atoms with Crippen molar-refractivity contribution in [2.24, 2.45) is 0 Å². The van der Waals surface area contributed by atoms with Crippen LogP contribution in [0.15, 0.2) is 48.0 Å². The zero-order valence-electron chi connectivity index (χ0n) is 15.9. The first kappa shape index (κ1) is 21.2. The zero-order chi connectivity index (χ0) is 21.6. The number of benzene rings is 2. The standard InChI is InChI=1S/C20H18N4O5/c1-3-22(4-2)19-9-8-18(24(28)29)12-15(19)10-16(13-21)20(25)14-6-5-7-17(11-14)23(26)27/h5-12H,3-4H2,1-2H3/b16-10-. The SMILES string of the molecule is CCN(CC)c1ccc([N+](=O)[O-])cc1/C=C(/C#N)C(=O)c1cccc([N+](=O)[O-])c1. The fourth-order valence-corrected chi connectivity index (χ4v) is 2.84. The lowest BCUT2D eigenvalue weighted by molar-refractivity contribution is -0.385. The maximum Gasteiger partial charge on any atom is 0.270 e. The maximum atomic E-state index is 12.7. The van der Waals surface area contributed by atoms with Crippen LogP contribution in [0.5, 0.6) is 0 Å². The van der Waals surface area contributed by atoms with Gasteiger partial charge in [0.05, 0.1) is 9.85 Å². The molecular weight excluding hydrogens is 376 g/mol. The molecule has 0 N–H and O–H groups in total. The lowest BCUT2D eigenvalue weighted by Crippen LogP contribution is -2.22. The van der Waals surface area contributed by atoms with Crippen LogP contribution in [0.1, 0.15) is 29.8 Å². The summed E-state index contributed by atoms with van der Waals surface area (Å²) in [7, 11) is 0. The molecule has 0 fully saturated rings. The van der Waals surface area contributed by atoms with Crippen LogP contribution in [0.3, 0.4) is 0 Å². The molecule has 0 bridgehead atoms. The van der Waals surface area contributed by atoms with Gasteiger partial charge in [0, 0.05) is 54.2 Å². The first-order valence-corrected chi connectivity index (χ1v) is 8.76. The number of non-ortho nitro benzene ring substituents is 2. The van der Waals surface area contributed by atoms with Gasteiger partial charge in [-0.15, -0.1) is 0 Å². The summed E-state index contributed by atoms with van der Waals surface area (Å²) in [5.41, 5.74) is 0.249. The van der Waals surface area contributed by atoms with Crippen LogP contribution < -0.4 is 4.90 Å². The molecule has 0 aliphatic rings. The van der Waals surface area contributed by atoms with E-state index in [0.717, 1.165) is 6.07 Å². The molecule has 9 heteroatoms. The third-order valence-corrected chi connectivity index (χ3v) is 4.31. The van der Waals surface area contributed by atoms with Crippen LogP contribution in [0.25, 0.3) is 6.08 Å². The van der Waals surface area contributed by atoms with E-state index in [1.165, 1.54) is 36.4 Å². The van der Waals surface area contributed by atoms with Crippen molar-refractivity contribution in [3.63, 3.8) is 0 Å². The largest absolute Gasteiger partial charge is 0.372 e. The minimum atomic E-state index is -0.701. The first-order valence-electron chi connectivity index (χ1n) is 8.76. The molecule has 0 atom stereocenters. The normalized spacial score (nSPS) is 10.9. The topological polar surface area (TPSA) is 130 Å². The summed E-state index contributed by atoms with van der Waals surface area (Å²) in [5.74, 6) is -0.701. The molecule has 29 heavy (non-hydrogen) atoms. The third-order valence-electron chi connectivity index (χ3n) is 4.31. The second-order valence-corrected chi connectivity index (χ2v) is 5.98. The monoisotopic (exact) mass is 394 g/mol. The molecule has 0 unspecified atom stereocenters. The van der Waals surface area contributed by atoms with E-state index < -0.39 is 15.6 Å². The van der Waals surface area contributed by atoms with Crippen molar-refractivity contribution < 1.29 is 14.6 Å². The fourth-order valence-electron chi connectivity index (χ4n) is 2.84. The number of hydrogen-bond acceptors (Lipinski definition) is 7. The molecule has 148 valence electrons. The molecule has 2 aromatic rings. The van der Waals surface area contributed by atoms with Crippen molar-refractivity contribution in [3.05, 3.63) is 79.4 Å². The molecule has 0 radical (unpaired) electrons. The Bertz CT molecular complexity index is 1040. The summed E-state index contributed by atoms with van der Waals surface area (Å²) >= 11 is 0. The molecule has 0 amide bonds. The Morgan fingerprint density at radius 3 is 2.24 bits per heavy atom. The summed E-state index contributed by atoms with van der Waals surface area (Å²) in [6.07, 6.45) is 1.28. The van der Waals surface area contributed by atoms with E-state index in [2.05, 4.69) is 0 Å². The number of carbonyl (C=O) groups excluding carboxylic acids is 1. The van der Waals surface area contributed by atoms with Crippen molar-refractivity contribution in [1.82, 2.24) is 0 Å². The van der Waals surface area contributed by atoms with Gasteiger partial charge in [-0.05, 0) is 26.0 Å². The van der Waals surface area contributed by atoms with Gasteiger partial charge in [-0.3, -0.25) is 25.0 Å². The zero-order valence-corrected chi connectivity index (χ0v) is 15.9. The third kappa shape index (κ3) is 4.81. The number of allylic oxidation sites excluding steroid dienone is 1. The highest BCUT2D eigenvalue weighted by molar-refractivity contribution is 6.14. The predicted octanol–water partition coefficient (Wildman–Crippen LogP) is 4.14. The number of hydrogen-bond donors (Lipinski definition) is 0. The smallest absolute Gasteiger partial charge is 0.270 e. The number of ketones is 1. The Hall–Kier alpha value is -4.06. The summed E-state index contributed by atoms with van der Waals surface area (Å²) in [6.45, 7) is 5.07. The highest BCUT2D eigenvalue weighted by Gasteiger charge is 2.18. The fraction of sp³-hybridized carbons (Fsp3) is 0.200. The number of nitrogens with zero attached hydrogens (tertiary/aromatic N) is 4. The van der Waals surface area contributed by atoms with Crippen molar-refractivity contribution in [1.29, 1.82) is 5.26 Å². The number of nitriles is 1. The summed E-state index contributed by atoms with van der Waals surface area (Å²) in [4.78, 5) is 35.6. The predicted molar refractivity (Wildman–Crippen MR) is 108 cm³/mol. The molecule has 2 rings (SSSR count). The number of rotatable bonds is 8. The van der Waals surface area contributed by atoms with Crippen LogP contribution in [0.4, 0.5) is 17.1 Å². The molecule has 2 aromatic carbocycles. The minimum absolute atomic E-state index is 0.0122. The molecule has 0 saturated carbocycles. The van der Waals surface area contributed by atoms with E-state index >= 15 is 0 Å². The first-order chi connectivity index (χ1) is 13.8. The van der Waals surface area contributed by atoms with Gasteiger partial charge in [0.1, 0.15) is 11.6 Å². The number of nitro benzene ring substituents is 2. The molecule has 9 nitrogen and oxygen atoms in total. The average molecular weight is 394 g/mol. The number of Topliss-reactive ketones (excluding diaryl/α,β-unsaturated/α-hetero) is 1. The molecule has 0 spiro atoms. The second-order valence-electron chi connectivity index (χ2n) is 5.98. The van der Waals surface area contributed by atoms with E-state index in [0.29, 0.717) is 24.3 Å². The van der Waals surface area contributed by atoms with Gasteiger partial charge in [-0.25, -0.2) is 0 Å². The lowest BCUT2D eigenvalue weighted by atomic mass is 10.00. The van der Waals surface area contributed by atoms with Gasteiger partial charge in [0.2, 0.25) is 5.78 Å². The Morgan fingerprint density at radius 1 is 1.07 bits per heavy atom. The van der Waals surface area contributed by atoms with Crippen LogP contribution in [0, 0.1) is 31.6 Å². The van der Waals surface area contributed by atoms with Crippen LogP contribution >= 0.6 is 0 Å². The second kappa shape index (κ2) is 9.23. The van der Waals surface area contributed by atoms with Gasteiger partial charge >= 0.3 is 0 Å². The Labute approximate surface area is 166 Å². The quantitative estimate of drug-likeness (QED) is 0.216. The molecule has 0 aliphatic carbocycles. The Kier molecular flexibility index (Phi) is 6.76. The van der Waals surface area contributed by atoms with Crippen molar-refractivity contribution in [2.75, 3.05) is 18.0 Å². The van der Waals surface area contributed by atoms with E-state index in [4.69, 9.17) is 0 Å². The van der Waals surface area contributed by atoms with E-state index in [-0.39, 0.29) is 22.5 Å². The number of nitro groups is 2. The Balaban J connectivity index is 2.59. The van der Waals surface area contributed by atoms with Crippen molar-refractivity contribution >= 4 is 28.9 Å². The highest BCUT2D eigenvalue weighted by atomic mass is 16.6. The van der Waals surface area contributed by atoms with Gasteiger partial charge in [0.25, 0.3) is 11.4 Å². The van der Waals surface area contributed by atoms with E-state index in [1.54, 1.807) is 12.1 Å². The van der Waals surface area contributed by atoms with Gasteiger partial charge in [0.15, 0.2) is 0 Å². The van der Waals surface area contributed by atoms with Crippen LogP contribution in [-0.4, -0.2) is 28.7 Å². The van der Waals surface area contributed by atoms with Crippen LogP contribution in [0.2, 0.25) is 0 Å².